The summed E-state index contributed by atoms with van der Waals surface area (Å²) in [5, 5.41) is 9.66. The summed E-state index contributed by atoms with van der Waals surface area (Å²) in [5.74, 6) is 0.104. The van der Waals surface area contributed by atoms with Crippen molar-refractivity contribution in [3.63, 3.8) is 0 Å². The van der Waals surface area contributed by atoms with Crippen LogP contribution in [0.1, 0.15) is 67.9 Å². The Morgan fingerprint density at radius 1 is 1.20 bits per heavy atom. The quantitative estimate of drug-likeness (QED) is 0.725. The summed E-state index contributed by atoms with van der Waals surface area (Å²) >= 11 is 0. The van der Waals surface area contributed by atoms with E-state index in [2.05, 4.69) is 55.8 Å². The maximum Gasteiger partial charge on any atom is 0.320 e. The van der Waals surface area contributed by atoms with Crippen LogP contribution in [0.2, 0.25) is 0 Å². The second kappa shape index (κ2) is 9.17. The number of likely N-dealkylation sites (tertiary alicyclic amines) is 1. The highest BCUT2D eigenvalue weighted by Crippen LogP contribution is 2.34. The van der Waals surface area contributed by atoms with Gasteiger partial charge in [-0.15, -0.1) is 0 Å². The summed E-state index contributed by atoms with van der Waals surface area (Å²) in [6.45, 7) is 12.6. The summed E-state index contributed by atoms with van der Waals surface area (Å²) < 4.78 is 6.29. The average molecular weight is 411 g/mol. The van der Waals surface area contributed by atoms with Crippen molar-refractivity contribution in [2.24, 2.45) is 0 Å². The van der Waals surface area contributed by atoms with Crippen molar-refractivity contribution in [2.45, 2.75) is 78.5 Å². The number of pyridine rings is 1. The van der Waals surface area contributed by atoms with Crippen molar-refractivity contribution in [3.8, 4) is 5.75 Å². The number of aryl methyl sites for hydroxylation is 2. The minimum Gasteiger partial charge on any atom is -0.489 e. The van der Waals surface area contributed by atoms with E-state index in [1.807, 2.05) is 19.3 Å². The summed E-state index contributed by atoms with van der Waals surface area (Å²) in [7, 11) is 0. The summed E-state index contributed by atoms with van der Waals surface area (Å²) in [6, 6.07) is 5.98. The van der Waals surface area contributed by atoms with E-state index >= 15 is 0 Å². The van der Waals surface area contributed by atoms with Crippen LogP contribution in [-0.4, -0.2) is 33.5 Å². The molecule has 5 heteroatoms. The molecular formula is C25H34N2O3. The largest absolute Gasteiger partial charge is 0.489 e. The van der Waals surface area contributed by atoms with Crippen molar-refractivity contribution < 1.29 is 14.6 Å². The molecule has 1 fully saturated rings. The van der Waals surface area contributed by atoms with Gasteiger partial charge in [-0.05, 0) is 67.5 Å². The Bertz CT molecular complexity index is 902. The number of carboxylic acids is 1. The fourth-order valence-electron chi connectivity index (χ4n) is 4.35. The van der Waals surface area contributed by atoms with Crippen molar-refractivity contribution in [2.75, 3.05) is 6.54 Å². The van der Waals surface area contributed by atoms with Crippen LogP contribution in [-0.2, 0) is 23.4 Å². The third-order valence-corrected chi connectivity index (χ3v) is 5.81. The van der Waals surface area contributed by atoms with Gasteiger partial charge in [-0.25, -0.2) is 0 Å². The Balaban J connectivity index is 1.91. The maximum atomic E-state index is 11.8. The Hall–Kier alpha value is -2.40. The molecule has 0 unspecified atom stereocenters. The van der Waals surface area contributed by atoms with Crippen LogP contribution in [0.15, 0.2) is 30.6 Å². The number of carboxylic acid groups (broad SMARTS) is 1. The molecule has 0 spiro atoms. The van der Waals surface area contributed by atoms with Crippen LogP contribution in [0.5, 0.6) is 5.75 Å². The van der Waals surface area contributed by atoms with E-state index in [0.29, 0.717) is 19.6 Å². The third-order valence-electron chi connectivity index (χ3n) is 5.81. The van der Waals surface area contributed by atoms with E-state index in [0.717, 1.165) is 41.8 Å². The molecule has 1 aliphatic rings. The molecule has 1 aromatic heterocycles. The van der Waals surface area contributed by atoms with Gasteiger partial charge in [0.05, 0.1) is 0 Å². The molecule has 0 radical (unpaired) electrons. The van der Waals surface area contributed by atoms with Crippen LogP contribution >= 0.6 is 0 Å². The first-order valence-corrected chi connectivity index (χ1v) is 10.8. The fraction of sp³-hybridized carbons (Fsp3) is 0.520. The van der Waals surface area contributed by atoms with Crippen molar-refractivity contribution in [1.29, 1.82) is 0 Å². The predicted molar refractivity (Wildman–Crippen MR) is 119 cm³/mol. The molecule has 5 nitrogen and oxygen atoms in total. The summed E-state index contributed by atoms with van der Waals surface area (Å²) in [4.78, 5) is 18.1. The predicted octanol–water partition coefficient (Wildman–Crippen LogP) is 5.01. The number of aliphatic carboxylic acids is 1. The Morgan fingerprint density at radius 2 is 1.97 bits per heavy atom. The summed E-state index contributed by atoms with van der Waals surface area (Å²) in [6.07, 6.45) is 6.38. The number of rotatable bonds is 6. The first-order chi connectivity index (χ1) is 14.1. The molecule has 2 heterocycles. The number of benzene rings is 1. The van der Waals surface area contributed by atoms with Gasteiger partial charge >= 0.3 is 5.97 Å². The highest BCUT2D eigenvalue weighted by atomic mass is 16.5. The molecule has 2 aromatic rings. The van der Waals surface area contributed by atoms with Crippen molar-refractivity contribution >= 4 is 5.97 Å². The van der Waals surface area contributed by atoms with E-state index in [-0.39, 0.29) is 5.41 Å². The minimum atomic E-state index is -0.731. The highest BCUT2D eigenvalue weighted by Gasteiger charge is 2.29. The lowest BCUT2D eigenvalue weighted by molar-refractivity contribution is -0.144. The van der Waals surface area contributed by atoms with E-state index in [1.54, 1.807) is 0 Å². The van der Waals surface area contributed by atoms with Crippen molar-refractivity contribution in [1.82, 2.24) is 9.88 Å². The standard InChI is InChI=1S/C25H34N2O3/c1-17-10-19(14-26-13-17)16-30-23-12-21(25(3,4)5)18(2)11-20(23)15-27-9-7-6-8-22(27)24(28)29/h10-14,22H,6-9,15-16H2,1-5H3,(H,28,29)/t22-/m0/s1. The van der Waals surface area contributed by atoms with Crippen LogP contribution in [0.4, 0.5) is 0 Å². The number of hydrogen-bond donors (Lipinski definition) is 1. The molecular weight excluding hydrogens is 376 g/mol. The number of nitrogens with zero attached hydrogens (tertiary/aromatic N) is 2. The Morgan fingerprint density at radius 3 is 2.63 bits per heavy atom. The first-order valence-electron chi connectivity index (χ1n) is 10.8. The molecule has 1 aliphatic heterocycles. The van der Waals surface area contributed by atoms with Gasteiger partial charge in [0.25, 0.3) is 0 Å². The second-order valence-electron chi connectivity index (χ2n) is 9.50. The zero-order chi connectivity index (χ0) is 21.9. The average Bonchev–Trinajstić information content (AvgIpc) is 2.66. The molecule has 1 saturated heterocycles. The number of ether oxygens (including phenoxy) is 1. The molecule has 162 valence electrons. The molecule has 3 rings (SSSR count). The van der Waals surface area contributed by atoms with Crippen LogP contribution in [0, 0.1) is 13.8 Å². The number of piperidine rings is 1. The molecule has 1 aromatic carbocycles. The fourth-order valence-corrected chi connectivity index (χ4v) is 4.35. The Labute approximate surface area is 180 Å². The van der Waals surface area contributed by atoms with E-state index in [4.69, 9.17) is 4.74 Å². The van der Waals surface area contributed by atoms with Crippen LogP contribution in [0.25, 0.3) is 0 Å². The normalized spacial score (nSPS) is 17.7. The minimum absolute atomic E-state index is 0.000335. The van der Waals surface area contributed by atoms with Gasteiger partial charge in [-0.1, -0.05) is 33.3 Å². The maximum absolute atomic E-state index is 11.8. The lowest BCUT2D eigenvalue weighted by atomic mass is 9.83. The zero-order valence-corrected chi connectivity index (χ0v) is 18.9. The van der Waals surface area contributed by atoms with E-state index in [9.17, 15) is 9.90 Å². The number of carbonyl (C=O) groups is 1. The Kier molecular flexibility index (Phi) is 6.81. The highest BCUT2D eigenvalue weighted by molar-refractivity contribution is 5.73. The van der Waals surface area contributed by atoms with Crippen LogP contribution in [0.3, 0.4) is 0 Å². The lowest BCUT2D eigenvalue weighted by Crippen LogP contribution is -2.44. The van der Waals surface area contributed by atoms with Gasteiger partial charge in [0.2, 0.25) is 0 Å². The molecule has 1 N–H and O–H groups in total. The third kappa shape index (κ3) is 5.39. The molecule has 0 bridgehead atoms. The number of aromatic nitrogens is 1. The van der Waals surface area contributed by atoms with Crippen molar-refractivity contribution in [3.05, 3.63) is 58.4 Å². The SMILES string of the molecule is Cc1cncc(COc2cc(C(C)(C)C)c(C)cc2CN2CCCC[C@H]2C(=O)O)c1. The number of hydrogen-bond acceptors (Lipinski definition) is 4. The van der Waals surface area contributed by atoms with Gasteiger partial charge in [-0.3, -0.25) is 14.7 Å². The molecule has 0 aliphatic carbocycles. The van der Waals surface area contributed by atoms with E-state index < -0.39 is 12.0 Å². The monoisotopic (exact) mass is 410 g/mol. The van der Waals surface area contributed by atoms with Gasteiger partial charge in [-0.2, -0.15) is 0 Å². The lowest BCUT2D eigenvalue weighted by Gasteiger charge is -2.33. The molecule has 0 saturated carbocycles. The zero-order valence-electron chi connectivity index (χ0n) is 18.9. The van der Waals surface area contributed by atoms with Gasteiger partial charge in [0, 0.05) is 30.1 Å². The molecule has 1 atom stereocenters. The van der Waals surface area contributed by atoms with Gasteiger partial charge < -0.3 is 9.84 Å². The van der Waals surface area contributed by atoms with E-state index in [1.165, 1.54) is 11.1 Å². The molecule has 0 amide bonds. The second-order valence-corrected chi connectivity index (χ2v) is 9.50. The topological polar surface area (TPSA) is 62.7 Å². The smallest absolute Gasteiger partial charge is 0.320 e. The van der Waals surface area contributed by atoms with Crippen LogP contribution < -0.4 is 4.74 Å². The molecule has 30 heavy (non-hydrogen) atoms. The first kappa shape index (κ1) is 22.3. The van der Waals surface area contributed by atoms with Gasteiger partial charge in [0.1, 0.15) is 18.4 Å². The summed E-state index contributed by atoms with van der Waals surface area (Å²) in [5.41, 5.74) is 5.64. The van der Waals surface area contributed by atoms with Gasteiger partial charge in [0.15, 0.2) is 0 Å².